The monoisotopic (exact) mass is 252 g/mol. The van der Waals surface area contributed by atoms with Crippen LogP contribution in [0.4, 0.5) is 0 Å². The third-order valence-electron chi connectivity index (χ3n) is 2.93. The number of benzene rings is 2. The van der Waals surface area contributed by atoms with E-state index in [1.165, 1.54) is 16.7 Å². The Morgan fingerprint density at radius 2 is 2.00 bits per heavy atom. The number of aromatic nitrogens is 2. The molecular formula is C14H8N2OS. The molecule has 0 spiro atoms. The molecule has 0 saturated heterocycles. The summed E-state index contributed by atoms with van der Waals surface area (Å²) in [5.74, 6) is 0.586. The summed E-state index contributed by atoms with van der Waals surface area (Å²) in [5.41, 5.74) is 4.27. The van der Waals surface area contributed by atoms with Crippen molar-refractivity contribution in [3.05, 3.63) is 47.3 Å². The molecule has 86 valence electrons. The van der Waals surface area contributed by atoms with Crippen molar-refractivity contribution < 1.29 is 4.42 Å². The summed E-state index contributed by atoms with van der Waals surface area (Å²) in [4.78, 5) is 8.78. The van der Waals surface area contributed by atoms with Gasteiger partial charge in [-0.1, -0.05) is 30.3 Å². The Morgan fingerprint density at radius 1 is 1.06 bits per heavy atom. The average molecular weight is 252 g/mol. The van der Waals surface area contributed by atoms with Gasteiger partial charge in [0.1, 0.15) is 11.2 Å². The van der Waals surface area contributed by atoms with Crippen molar-refractivity contribution in [2.75, 3.05) is 0 Å². The molecule has 0 fully saturated rings. The Morgan fingerprint density at radius 3 is 2.89 bits per heavy atom. The van der Waals surface area contributed by atoms with Gasteiger partial charge < -0.3 is 4.42 Å². The molecule has 4 rings (SSSR count). The minimum absolute atomic E-state index is 0.586. The number of rotatable bonds is 1. The molecule has 0 unspecified atom stereocenters. The van der Waals surface area contributed by atoms with E-state index in [1.807, 2.05) is 29.6 Å². The summed E-state index contributed by atoms with van der Waals surface area (Å²) in [7, 11) is 0. The maximum Gasteiger partial charge on any atom is 0.247 e. The summed E-state index contributed by atoms with van der Waals surface area (Å²) < 4.78 is 5.75. The second-order valence-corrected chi connectivity index (χ2v) is 4.74. The second-order valence-electron chi connectivity index (χ2n) is 4.03. The van der Waals surface area contributed by atoms with E-state index in [0.29, 0.717) is 5.89 Å². The molecule has 2 aromatic heterocycles. The third kappa shape index (κ3) is 1.36. The lowest BCUT2D eigenvalue weighted by atomic mass is 10.1. The van der Waals surface area contributed by atoms with Crippen LogP contribution < -0.4 is 0 Å². The topological polar surface area (TPSA) is 38.9 Å². The number of hydrogen-bond donors (Lipinski definition) is 0. The summed E-state index contributed by atoms with van der Waals surface area (Å²) in [6, 6.07) is 12.2. The maximum atomic E-state index is 5.75. The minimum atomic E-state index is 0.586. The summed E-state index contributed by atoms with van der Waals surface area (Å²) >= 11 is 1.54. The van der Waals surface area contributed by atoms with Gasteiger partial charge in [-0.05, 0) is 11.5 Å². The lowest BCUT2D eigenvalue weighted by molar-refractivity contribution is 0.617. The van der Waals surface area contributed by atoms with Gasteiger partial charge in [-0.15, -0.1) is 11.3 Å². The highest BCUT2D eigenvalue weighted by molar-refractivity contribution is 7.07. The first-order valence-electron chi connectivity index (χ1n) is 5.59. The van der Waals surface area contributed by atoms with Gasteiger partial charge >= 0.3 is 0 Å². The molecule has 0 radical (unpaired) electrons. The molecular weight excluding hydrogens is 244 g/mol. The molecule has 4 aromatic rings. The summed E-state index contributed by atoms with van der Waals surface area (Å²) in [6.07, 6.45) is 0. The van der Waals surface area contributed by atoms with Crippen molar-refractivity contribution in [3.8, 4) is 11.6 Å². The van der Waals surface area contributed by atoms with Gasteiger partial charge in [0.15, 0.2) is 5.58 Å². The maximum absolute atomic E-state index is 5.75. The Balaban J connectivity index is 2.08. The van der Waals surface area contributed by atoms with E-state index in [1.54, 1.807) is 5.51 Å². The van der Waals surface area contributed by atoms with Crippen LogP contribution in [0.1, 0.15) is 0 Å². The lowest BCUT2D eigenvalue weighted by Crippen LogP contribution is -1.76. The van der Waals surface area contributed by atoms with Crippen molar-refractivity contribution in [1.82, 2.24) is 9.97 Å². The van der Waals surface area contributed by atoms with E-state index in [4.69, 9.17) is 4.42 Å². The minimum Gasteiger partial charge on any atom is -0.435 e. The largest absolute Gasteiger partial charge is 0.435 e. The molecule has 0 aliphatic carbocycles. The smallest absolute Gasteiger partial charge is 0.247 e. The molecule has 18 heavy (non-hydrogen) atoms. The van der Waals surface area contributed by atoms with Crippen LogP contribution in [0.25, 0.3) is 33.5 Å². The molecule has 0 N–H and O–H groups in total. The average Bonchev–Trinajstić information content (AvgIpc) is 3.07. The molecule has 4 heteroatoms. The predicted molar refractivity (Wildman–Crippen MR) is 72.6 cm³/mol. The van der Waals surface area contributed by atoms with Gasteiger partial charge in [-0.3, -0.25) is 0 Å². The zero-order chi connectivity index (χ0) is 11.9. The van der Waals surface area contributed by atoms with E-state index in [0.717, 1.165) is 22.2 Å². The van der Waals surface area contributed by atoms with E-state index in [9.17, 15) is 0 Å². The van der Waals surface area contributed by atoms with Gasteiger partial charge in [0.05, 0.1) is 5.51 Å². The van der Waals surface area contributed by atoms with E-state index in [2.05, 4.69) is 22.1 Å². The zero-order valence-electron chi connectivity index (χ0n) is 9.33. The quantitative estimate of drug-likeness (QED) is 0.512. The van der Waals surface area contributed by atoms with Crippen LogP contribution >= 0.6 is 11.3 Å². The van der Waals surface area contributed by atoms with Crippen molar-refractivity contribution in [3.63, 3.8) is 0 Å². The fourth-order valence-corrected chi connectivity index (χ4v) is 2.61. The molecule has 0 atom stereocenters. The van der Waals surface area contributed by atoms with Crippen LogP contribution in [0.2, 0.25) is 0 Å². The van der Waals surface area contributed by atoms with Gasteiger partial charge in [0.2, 0.25) is 5.89 Å². The number of nitrogens with zero attached hydrogens (tertiary/aromatic N) is 2. The van der Waals surface area contributed by atoms with Gasteiger partial charge in [-0.2, -0.15) is 0 Å². The molecule has 0 aliphatic rings. The van der Waals surface area contributed by atoms with Crippen molar-refractivity contribution in [1.29, 1.82) is 0 Å². The fraction of sp³-hybridized carbons (Fsp3) is 0. The molecule has 0 aliphatic heterocycles. The fourth-order valence-electron chi connectivity index (χ4n) is 2.09. The predicted octanol–water partition coefficient (Wildman–Crippen LogP) is 4.10. The third-order valence-corrected chi connectivity index (χ3v) is 3.52. The van der Waals surface area contributed by atoms with Crippen LogP contribution in [0.3, 0.4) is 0 Å². The Labute approximate surface area is 107 Å². The first-order valence-corrected chi connectivity index (χ1v) is 6.53. The highest BCUT2D eigenvalue weighted by Crippen LogP contribution is 2.29. The van der Waals surface area contributed by atoms with Crippen molar-refractivity contribution in [2.24, 2.45) is 0 Å². The molecule has 2 heterocycles. The molecule has 3 nitrogen and oxygen atoms in total. The Hall–Kier alpha value is -2.20. The normalized spacial score (nSPS) is 11.3. The second kappa shape index (κ2) is 3.65. The van der Waals surface area contributed by atoms with E-state index in [-0.39, 0.29) is 0 Å². The molecule has 0 bridgehead atoms. The Bertz CT molecular complexity index is 833. The first kappa shape index (κ1) is 9.79. The van der Waals surface area contributed by atoms with Crippen LogP contribution in [0.5, 0.6) is 0 Å². The highest BCUT2D eigenvalue weighted by atomic mass is 32.1. The Kier molecular flexibility index (Phi) is 1.98. The van der Waals surface area contributed by atoms with Crippen LogP contribution in [-0.2, 0) is 0 Å². The lowest BCUT2D eigenvalue weighted by Gasteiger charge is -1.95. The van der Waals surface area contributed by atoms with Gasteiger partial charge in [-0.25, -0.2) is 9.97 Å². The molecule has 0 saturated carbocycles. The van der Waals surface area contributed by atoms with E-state index < -0.39 is 0 Å². The molecule has 2 aromatic carbocycles. The number of hydrogen-bond acceptors (Lipinski definition) is 4. The van der Waals surface area contributed by atoms with E-state index >= 15 is 0 Å². The van der Waals surface area contributed by atoms with Gasteiger partial charge in [0, 0.05) is 10.8 Å². The standard InChI is InChI=1S/C14H8N2OS/c1-2-4-10-9(3-1)5-6-12-13(10)16-14(17-12)11-7-18-8-15-11/h1-8H. The molecule has 0 amide bonds. The summed E-state index contributed by atoms with van der Waals surface area (Å²) in [5, 5.41) is 4.22. The first-order chi connectivity index (χ1) is 8.92. The van der Waals surface area contributed by atoms with Crippen molar-refractivity contribution in [2.45, 2.75) is 0 Å². The summed E-state index contributed by atoms with van der Waals surface area (Å²) in [6.45, 7) is 0. The highest BCUT2D eigenvalue weighted by Gasteiger charge is 2.11. The van der Waals surface area contributed by atoms with Crippen LogP contribution in [-0.4, -0.2) is 9.97 Å². The van der Waals surface area contributed by atoms with Crippen LogP contribution in [0.15, 0.2) is 51.7 Å². The van der Waals surface area contributed by atoms with Crippen molar-refractivity contribution >= 4 is 33.2 Å². The SMILES string of the molecule is c1ccc2c(c1)ccc1oc(-c3cscn3)nc12. The number of oxazole rings is 1. The van der Waals surface area contributed by atoms with Gasteiger partial charge in [0.25, 0.3) is 0 Å². The van der Waals surface area contributed by atoms with Crippen LogP contribution in [0, 0.1) is 0 Å². The number of thiazole rings is 1. The number of fused-ring (bicyclic) bond motifs is 3. The zero-order valence-corrected chi connectivity index (χ0v) is 10.1.